The quantitative estimate of drug-likeness (QED) is 0.854. The fraction of sp³-hybridized carbons (Fsp3) is 0.917. The Hall–Kier alpha value is -0.780. The van der Waals surface area contributed by atoms with Crippen LogP contribution in [0, 0.1) is 17.3 Å². The van der Waals surface area contributed by atoms with E-state index >= 15 is 0 Å². The molecule has 1 N–H and O–H groups in total. The molecule has 0 aromatic carbocycles. The van der Waals surface area contributed by atoms with Gasteiger partial charge in [0.25, 0.3) is 0 Å². The van der Waals surface area contributed by atoms with Crippen LogP contribution < -0.4 is 0 Å². The minimum atomic E-state index is -4.43. The first-order chi connectivity index (χ1) is 8.00. The average molecular weight is 267 g/mol. The summed E-state index contributed by atoms with van der Waals surface area (Å²) in [4.78, 5) is 12.5. The zero-order valence-corrected chi connectivity index (χ0v) is 10.9. The van der Waals surface area contributed by atoms with Crippen molar-refractivity contribution in [1.29, 1.82) is 0 Å². The number of alkyl halides is 3. The van der Waals surface area contributed by atoms with Crippen molar-refractivity contribution in [3.63, 3.8) is 0 Å². The molecule has 0 amide bonds. The van der Waals surface area contributed by atoms with Crippen LogP contribution in [-0.2, 0) is 4.79 Å². The highest BCUT2D eigenvalue weighted by Gasteiger charge is 2.52. The van der Waals surface area contributed by atoms with Crippen LogP contribution in [0.2, 0.25) is 0 Å². The number of rotatable bonds is 3. The minimum absolute atomic E-state index is 0.00438. The summed E-state index contributed by atoms with van der Waals surface area (Å²) >= 11 is 0. The van der Waals surface area contributed by atoms with E-state index in [-0.39, 0.29) is 18.5 Å². The Morgan fingerprint density at radius 1 is 1.28 bits per heavy atom. The lowest BCUT2D eigenvalue weighted by molar-refractivity contribution is -0.188. The molecule has 0 bridgehead atoms. The van der Waals surface area contributed by atoms with E-state index in [1.807, 2.05) is 20.8 Å². The van der Waals surface area contributed by atoms with E-state index in [2.05, 4.69) is 0 Å². The van der Waals surface area contributed by atoms with Crippen molar-refractivity contribution in [2.24, 2.45) is 17.3 Å². The number of likely N-dealkylation sites (tertiary alicyclic amines) is 1. The second-order valence-corrected chi connectivity index (χ2v) is 6.16. The lowest BCUT2D eigenvalue weighted by Gasteiger charge is -2.23. The van der Waals surface area contributed by atoms with E-state index in [0.717, 1.165) is 6.42 Å². The Balaban J connectivity index is 2.65. The maximum Gasteiger partial charge on any atom is 0.393 e. The lowest BCUT2D eigenvalue weighted by atomic mass is 9.92. The van der Waals surface area contributed by atoms with Crippen LogP contribution in [0.3, 0.4) is 0 Å². The molecule has 0 unspecified atom stereocenters. The van der Waals surface area contributed by atoms with Crippen molar-refractivity contribution in [3.8, 4) is 0 Å². The first-order valence-electron chi connectivity index (χ1n) is 6.02. The van der Waals surface area contributed by atoms with E-state index in [9.17, 15) is 18.0 Å². The predicted octanol–water partition coefficient (Wildman–Crippen LogP) is 2.62. The lowest BCUT2D eigenvalue weighted by Crippen LogP contribution is -2.33. The summed E-state index contributed by atoms with van der Waals surface area (Å²) < 4.78 is 38.2. The highest BCUT2D eigenvalue weighted by molar-refractivity contribution is 5.71. The summed E-state index contributed by atoms with van der Waals surface area (Å²) in [5.74, 6) is -4.42. The number of halogens is 3. The van der Waals surface area contributed by atoms with Gasteiger partial charge in [-0.25, -0.2) is 0 Å². The molecule has 0 spiro atoms. The SMILES string of the molecule is CC(C)(C)CCN1C[C@@H](C(F)(F)F)[C@H](C(=O)O)C1. The fourth-order valence-electron chi connectivity index (χ4n) is 2.14. The number of aliphatic carboxylic acids is 1. The minimum Gasteiger partial charge on any atom is -0.481 e. The maximum absolute atomic E-state index is 12.7. The van der Waals surface area contributed by atoms with Gasteiger partial charge in [0.05, 0.1) is 11.8 Å². The Morgan fingerprint density at radius 2 is 1.83 bits per heavy atom. The number of carboxylic acid groups (broad SMARTS) is 1. The molecule has 2 atom stereocenters. The smallest absolute Gasteiger partial charge is 0.393 e. The summed E-state index contributed by atoms with van der Waals surface area (Å²) in [7, 11) is 0. The van der Waals surface area contributed by atoms with Crippen LogP contribution in [0.4, 0.5) is 13.2 Å². The molecule has 0 radical (unpaired) electrons. The molecule has 0 aromatic heterocycles. The molecule has 0 saturated carbocycles. The third kappa shape index (κ3) is 4.15. The number of carboxylic acids is 1. The van der Waals surface area contributed by atoms with Gasteiger partial charge in [-0.15, -0.1) is 0 Å². The zero-order chi connectivity index (χ0) is 14.1. The van der Waals surface area contributed by atoms with Gasteiger partial charge >= 0.3 is 12.1 Å². The van der Waals surface area contributed by atoms with Crippen LogP contribution in [0.25, 0.3) is 0 Å². The third-order valence-corrected chi connectivity index (χ3v) is 3.31. The molecule has 18 heavy (non-hydrogen) atoms. The molecular weight excluding hydrogens is 247 g/mol. The van der Waals surface area contributed by atoms with Crippen LogP contribution in [-0.4, -0.2) is 41.8 Å². The van der Waals surface area contributed by atoms with Crippen molar-refractivity contribution in [2.75, 3.05) is 19.6 Å². The van der Waals surface area contributed by atoms with Crippen molar-refractivity contribution in [1.82, 2.24) is 4.90 Å². The molecule has 1 saturated heterocycles. The standard InChI is InChI=1S/C12H20F3NO2/c1-11(2,3)4-5-16-6-8(10(17)18)9(7-16)12(13,14)15/h8-9H,4-7H2,1-3H3,(H,17,18)/t8-,9-/m1/s1. The van der Waals surface area contributed by atoms with E-state index in [4.69, 9.17) is 5.11 Å². The van der Waals surface area contributed by atoms with Gasteiger partial charge in [0.15, 0.2) is 0 Å². The molecule has 1 aliphatic heterocycles. The monoisotopic (exact) mass is 267 g/mol. The van der Waals surface area contributed by atoms with Gasteiger partial charge < -0.3 is 10.0 Å². The second-order valence-electron chi connectivity index (χ2n) is 6.16. The van der Waals surface area contributed by atoms with Gasteiger partial charge in [-0.2, -0.15) is 13.2 Å². The highest BCUT2D eigenvalue weighted by atomic mass is 19.4. The van der Waals surface area contributed by atoms with Gasteiger partial charge in [-0.05, 0) is 18.4 Å². The molecule has 1 rings (SSSR count). The molecule has 6 heteroatoms. The summed E-state index contributed by atoms with van der Waals surface area (Å²) in [6.07, 6.45) is -3.68. The van der Waals surface area contributed by atoms with Gasteiger partial charge in [-0.1, -0.05) is 20.8 Å². The van der Waals surface area contributed by atoms with Gasteiger partial charge in [0, 0.05) is 13.1 Å². The van der Waals surface area contributed by atoms with Crippen LogP contribution in [0.5, 0.6) is 0 Å². The summed E-state index contributed by atoms with van der Waals surface area (Å²) in [5, 5.41) is 8.87. The Labute approximate surface area is 105 Å². The summed E-state index contributed by atoms with van der Waals surface area (Å²) in [6, 6.07) is 0. The summed E-state index contributed by atoms with van der Waals surface area (Å²) in [5.41, 5.74) is 0.0367. The second kappa shape index (κ2) is 5.07. The largest absolute Gasteiger partial charge is 0.481 e. The zero-order valence-electron chi connectivity index (χ0n) is 10.9. The van der Waals surface area contributed by atoms with Crippen molar-refractivity contribution >= 4 is 5.97 Å². The van der Waals surface area contributed by atoms with Crippen molar-refractivity contribution in [2.45, 2.75) is 33.4 Å². The van der Waals surface area contributed by atoms with Crippen LogP contribution >= 0.6 is 0 Å². The molecule has 0 aliphatic carbocycles. The van der Waals surface area contributed by atoms with Gasteiger partial charge in [-0.3, -0.25) is 4.79 Å². The summed E-state index contributed by atoms with van der Waals surface area (Å²) in [6.45, 7) is 6.35. The predicted molar refractivity (Wildman–Crippen MR) is 61.2 cm³/mol. The van der Waals surface area contributed by atoms with Gasteiger partial charge in [0.1, 0.15) is 0 Å². The molecule has 0 aromatic rings. The molecule has 106 valence electrons. The Bertz CT molecular complexity index is 309. The average Bonchev–Trinajstić information content (AvgIpc) is 2.56. The van der Waals surface area contributed by atoms with Crippen molar-refractivity contribution in [3.05, 3.63) is 0 Å². The number of nitrogens with zero attached hydrogens (tertiary/aromatic N) is 1. The van der Waals surface area contributed by atoms with Crippen molar-refractivity contribution < 1.29 is 23.1 Å². The molecular formula is C12H20F3NO2. The Kier molecular flexibility index (Phi) is 4.30. The first-order valence-corrected chi connectivity index (χ1v) is 6.02. The van der Waals surface area contributed by atoms with E-state index in [1.54, 1.807) is 4.90 Å². The Morgan fingerprint density at radius 3 is 2.17 bits per heavy atom. The highest BCUT2D eigenvalue weighted by Crippen LogP contribution is 2.38. The topological polar surface area (TPSA) is 40.5 Å². The van der Waals surface area contributed by atoms with Crippen LogP contribution in [0.1, 0.15) is 27.2 Å². The number of hydrogen-bond acceptors (Lipinski definition) is 2. The number of carbonyl (C=O) groups is 1. The first kappa shape index (κ1) is 15.3. The van der Waals surface area contributed by atoms with Crippen LogP contribution in [0.15, 0.2) is 0 Å². The fourth-order valence-corrected chi connectivity index (χ4v) is 2.14. The molecule has 1 fully saturated rings. The van der Waals surface area contributed by atoms with Gasteiger partial charge in [0.2, 0.25) is 0 Å². The third-order valence-electron chi connectivity index (χ3n) is 3.31. The molecule has 1 aliphatic rings. The van der Waals surface area contributed by atoms with E-state index in [1.165, 1.54) is 0 Å². The molecule has 1 heterocycles. The normalized spacial score (nSPS) is 26.6. The number of hydrogen-bond donors (Lipinski definition) is 1. The van der Waals surface area contributed by atoms with E-state index in [0.29, 0.717) is 6.54 Å². The van der Waals surface area contributed by atoms with E-state index < -0.39 is 24.0 Å². The molecule has 3 nitrogen and oxygen atoms in total. The maximum atomic E-state index is 12.7.